The number of benzene rings is 1. The van der Waals surface area contributed by atoms with Gasteiger partial charge in [0.25, 0.3) is 0 Å². The summed E-state index contributed by atoms with van der Waals surface area (Å²) in [6.07, 6.45) is 2.56. The van der Waals surface area contributed by atoms with Crippen LogP contribution in [-0.4, -0.2) is 39.6 Å². The van der Waals surface area contributed by atoms with Crippen LogP contribution in [-0.2, 0) is 36.5 Å². The highest BCUT2D eigenvalue weighted by atomic mass is 79.9. The monoisotopic (exact) mass is 470 g/mol. The molecule has 0 aliphatic rings. The van der Waals surface area contributed by atoms with Crippen LogP contribution in [0.1, 0.15) is 27.0 Å². The standard InChI is InChI=1S/C18H19BrN2O6S/c1-11-4-5-16(12(6-11)7-17(22)26-2)21-28(24,25)10-14-13(18(23)27-3)8-20-9-15(14)19/h4-6,8-9,21H,7,10H2,1-3H3. The van der Waals surface area contributed by atoms with Gasteiger partial charge in [0.2, 0.25) is 10.0 Å². The van der Waals surface area contributed by atoms with Crippen LogP contribution in [0.3, 0.4) is 0 Å². The van der Waals surface area contributed by atoms with Gasteiger partial charge in [-0.25, -0.2) is 13.2 Å². The van der Waals surface area contributed by atoms with Gasteiger partial charge in [-0.05, 0) is 34.5 Å². The number of sulfonamides is 1. The van der Waals surface area contributed by atoms with Crippen molar-refractivity contribution in [2.75, 3.05) is 18.9 Å². The number of ether oxygens (including phenoxy) is 2. The van der Waals surface area contributed by atoms with E-state index in [0.717, 1.165) is 5.56 Å². The second-order valence-corrected chi connectivity index (χ2v) is 8.49. The molecule has 2 aromatic rings. The van der Waals surface area contributed by atoms with Crippen LogP contribution in [0.4, 0.5) is 5.69 Å². The number of nitrogens with one attached hydrogen (secondary N) is 1. The summed E-state index contributed by atoms with van der Waals surface area (Å²) in [4.78, 5) is 27.4. The number of hydrogen-bond donors (Lipinski definition) is 1. The summed E-state index contributed by atoms with van der Waals surface area (Å²) < 4.78 is 37.7. The lowest BCUT2D eigenvalue weighted by atomic mass is 10.1. The molecule has 1 N–H and O–H groups in total. The second-order valence-electron chi connectivity index (χ2n) is 5.91. The molecule has 1 heterocycles. The minimum Gasteiger partial charge on any atom is -0.469 e. The Morgan fingerprint density at radius 3 is 2.54 bits per heavy atom. The number of anilines is 1. The molecule has 0 fully saturated rings. The quantitative estimate of drug-likeness (QED) is 0.618. The number of aromatic nitrogens is 1. The molecule has 0 saturated heterocycles. The molecule has 1 aromatic heterocycles. The van der Waals surface area contributed by atoms with E-state index in [0.29, 0.717) is 10.0 Å². The van der Waals surface area contributed by atoms with E-state index in [1.54, 1.807) is 18.2 Å². The first-order valence-corrected chi connectivity index (χ1v) is 10.5. The minimum atomic E-state index is -3.92. The van der Waals surface area contributed by atoms with Gasteiger partial charge in [0.15, 0.2) is 0 Å². The number of aryl methyl sites for hydroxylation is 1. The second kappa shape index (κ2) is 9.16. The van der Waals surface area contributed by atoms with E-state index in [4.69, 9.17) is 0 Å². The summed E-state index contributed by atoms with van der Waals surface area (Å²) in [6, 6.07) is 5.01. The molecule has 0 aliphatic heterocycles. The molecule has 150 valence electrons. The third-order valence-corrected chi connectivity index (χ3v) is 5.72. The van der Waals surface area contributed by atoms with Gasteiger partial charge in [0.05, 0.1) is 37.6 Å². The zero-order chi connectivity index (χ0) is 20.9. The fourth-order valence-electron chi connectivity index (χ4n) is 2.48. The number of hydrogen-bond acceptors (Lipinski definition) is 7. The number of carbonyl (C=O) groups is 2. The Morgan fingerprint density at radius 2 is 1.89 bits per heavy atom. The van der Waals surface area contributed by atoms with Gasteiger partial charge >= 0.3 is 11.9 Å². The number of methoxy groups -OCH3 is 2. The van der Waals surface area contributed by atoms with Gasteiger partial charge in [-0.2, -0.15) is 0 Å². The molecule has 0 aliphatic carbocycles. The average molecular weight is 471 g/mol. The minimum absolute atomic E-state index is 0.0425. The normalized spacial score (nSPS) is 11.0. The third-order valence-electron chi connectivity index (χ3n) is 3.83. The van der Waals surface area contributed by atoms with Gasteiger partial charge in [-0.3, -0.25) is 14.5 Å². The van der Waals surface area contributed by atoms with Crippen molar-refractivity contribution in [2.45, 2.75) is 19.1 Å². The fraction of sp³-hybridized carbons (Fsp3) is 0.278. The summed E-state index contributed by atoms with van der Waals surface area (Å²) in [5.41, 5.74) is 1.88. The maximum Gasteiger partial charge on any atom is 0.339 e. The lowest BCUT2D eigenvalue weighted by Gasteiger charge is -2.15. The molecule has 0 saturated carbocycles. The maximum absolute atomic E-state index is 12.8. The van der Waals surface area contributed by atoms with Crippen LogP contribution in [0.5, 0.6) is 0 Å². The third kappa shape index (κ3) is 5.52. The number of carbonyl (C=O) groups excluding carboxylic acids is 2. The van der Waals surface area contributed by atoms with E-state index in [1.165, 1.54) is 26.6 Å². The zero-order valence-electron chi connectivity index (χ0n) is 15.5. The van der Waals surface area contributed by atoms with Gasteiger partial charge in [-0.15, -0.1) is 0 Å². The van der Waals surface area contributed by atoms with Gasteiger partial charge in [-0.1, -0.05) is 17.7 Å². The van der Waals surface area contributed by atoms with Crippen molar-refractivity contribution >= 4 is 43.6 Å². The van der Waals surface area contributed by atoms with Crippen molar-refractivity contribution in [1.82, 2.24) is 4.98 Å². The molecule has 0 amide bonds. The molecule has 0 radical (unpaired) electrons. The van der Waals surface area contributed by atoms with E-state index in [9.17, 15) is 18.0 Å². The predicted molar refractivity (Wildman–Crippen MR) is 106 cm³/mol. The van der Waals surface area contributed by atoms with Crippen LogP contribution in [0, 0.1) is 6.92 Å². The Morgan fingerprint density at radius 1 is 1.18 bits per heavy atom. The lowest BCUT2D eigenvalue weighted by Crippen LogP contribution is -2.19. The van der Waals surface area contributed by atoms with Crippen LogP contribution in [0.25, 0.3) is 0 Å². The maximum atomic E-state index is 12.8. The topological polar surface area (TPSA) is 112 Å². The number of nitrogens with zero attached hydrogens (tertiary/aromatic N) is 1. The molecular weight excluding hydrogens is 452 g/mol. The highest BCUT2D eigenvalue weighted by Gasteiger charge is 2.22. The number of esters is 2. The Labute approximate surface area is 171 Å². The first kappa shape index (κ1) is 21.8. The van der Waals surface area contributed by atoms with Crippen LogP contribution in [0.2, 0.25) is 0 Å². The van der Waals surface area contributed by atoms with Crippen LogP contribution in [0.15, 0.2) is 35.1 Å². The summed E-state index contributed by atoms with van der Waals surface area (Å²) in [5.74, 6) is -1.68. The molecule has 10 heteroatoms. The molecule has 1 aromatic carbocycles. The fourth-order valence-corrected chi connectivity index (χ4v) is 4.44. The summed E-state index contributed by atoms with van der Waals surface area (Å²) in [7, 11) is -1.46. The Balaban J connectivity index is 2.36. The van der Waals surface area contributed by atoms with E-state index in [-0.39, 0.29) is 23.2 Å². The average Bonchev–Trinajstić information content (AvgIpc) is 2.64. The molecule has 28 heavy (non-hydrogen) atoms. The van der Waals surface area contributed by atoms with E-state index in [1.807, 2.05) is 6.92 Å². The van der Waals surface area contributed by atoms with Gasteiger partial charge in [0, 0.05) is 22.4 Å². The number of rotatable bonds is 7. The predicted octanol–water partition coefficient (Wildman–Crippen LogP) is 2.60. The van der Waals surface area contributed by atoms with Crippen molar-refractivity contribution in [3.05, 3.63) is 57.3 Å². The molecule has 0 bridgehead atoms. The lowest BCUT2D eigenvalue weighted by molar-refractivity contribution is -0.139. The largest absolute Gasteiger partial charge is 0.469 e. The number of pyridine rings is 1. The zero-order valence-corrected chi connectivity index (χ0v) is 17.9. The summed E-state index contributed by atoms with van der Waals surface area (Å²) in [5, 5.41) is 0. The van der Waals surface area contributed by atoms with Crippen molar-refractivity contribution in [3.8, 4) is 0 Å². The molecule has 2 rings (SSSR count). The Bertz CT molecular complexity index is 1010. The molecule has 0 spiro atoms. The first-order valence-electron chi connectivity index (χ1n) is 8.04. The van der Waals surface area contributed by atoms with Crippen LogP contribution < -0.4 is 4.72 Å². The smallest absolute Gasteiger partial charge is 0.339 e. The Hall–Kier alpha value is -2.46. The Kier molecular flexibility index (Phi) is 7.14. The highest BCUT2D eigenvalue weighted by molar-refractivity contribution is 9.10. The van der Waals surface area contributed by atoms with E-state index >= 15 is 0 Å². The number of halogens is 1. The molecular formula is C18H19BrN2O6S. The van der Waals surface area contributed by atoms with Gasteiger partial charge in [0.1, 0.15) is 0 Å². The summed E-state index contributed by atoms with van der Waals surface area (Å²) in [6.45, 7) is 1.83. The first-order chi connectivity index (χ1) is 13.2. The highest BCUT2D eigenvalue weighted by Crippen LogP contribution is 2.25. The SMILES string of the molecule is COC(=O)Cc1cc(C)ccc1NS(=O)(=O)Cc1c(Br)cncc1C(=O)OC. The van der Waals surface area contributed by atoms with E-state index < -0.39 is 27.7 Å². The van der Waals surface area contributed by atoms with Crippen LogP contribution >= 0.6 is 15.9 Å². The van der Waals surface area contributed by atoms with Crippen molar-refractivity contribution < 1.29 is 27.5 Å². The van der Waals surface area contributed by atoms with Crippen molar-refractivity contribution in [2.24, 2.45) is 0 Å². The molecule has 0 atom stereocenters. The summed E-state index contributed by atoms with van der Waals surface area (Å²) >= 11 is 3.23. The van der Waals surface area contributed by atoms with Crippen molar-refractivity contribution in [3.63, 3.8) is 0 Å². The molecule has 8 nitrogen and oxygen atoms in total. The van der Waals surface area contributed by atoms with Crippen molar-refractivity contribution in [1.29, 1.82) is 0 Å². The molecule has 0 unspecified atom stereocenters. The van der Waals surface area contributed by atoms with Gasteiger partial charge < -0.3 is 9.47 Å². The van der Waals surface area contributed by atoms with E-state index in [2.05, 4.69) is 35.1 Å².